The van der Waals surface area contributed by atoms with E-state index >= 15 is 0 Å². The van der Waals surface area contributed by atoms with Gasteiger partial charge in [-0.25, -0.2) is 13.1 Å². The minimum atomic E-state index is -3.48. The lowest BCUT2D eigenvalue weighted by Crippen LogP contribution is -2.31. The number of nitrogens with zero attached hydrogens (tertiary/aromatic N) is 1. The molecule has 0 atom stereocenters. The molecule has 0 unspecified atom stereocenters. The first kappa shape index (κ1) is 16.1. The molecule has 0 fully saturated rings. The van der Waals surface area contributed by atoms with Crippen LogP contribution >= 0.6 is 0 Å². The lowest BCUT2D eigenvalue weighted by atomic mass is 10.2. The average Bonchev–Trinajstić information content (AvgIpc) is 2.39. The Hall–Kier alpha value is -1.91. The van der Waals surface area contributed by atoms with Crippen LogP contribution in [0.4, 0.5) is 0 Å². The van der Waals surface area contributed by atoms with Gasteiger partial charge in [-0.1, -0.05) is 12.1 Å². The Balaban J connectivity index is 2.48. The lowest BCUT2D eigenvalue weighted by Gasteiger charge is -2.07. The van der Waals surface area contributed by atoms with Crippen molar-refractivity contribution in [3.8, 4) is 6.07 Å². The second-order valence-corrected chi connectivity index (χ2v) is 5.97. The number of hydrogen-bond donors (Lipinski definition) is 2. The van der Waals surface area contributed by atoms with Crippen molar-refractivity contribution in [2.45, 2.75) is 19.1 Å². The van der Waals surface area contributed by atoms with Gasteiger partial charge in [-0.3, -0.25) is 4.79 Å². The van der Waals surface area contributed by atoms with Crippen molar-refractivity contribution in [1.82, 2.24) is 10.0 Å². The van der Waals surface area contributed by atoms with Crippen molar-refractivity contribution < 1.29 is 13.2 Å². The van der Waals surface area contributed by atoms with Crippen molar-refractivity contribution >= 4 is 15.9 Å². The summed E-state index contributed by atoms with van der Waals surface area (Å²) in [7, 11) is -3.48. The largest absolute Gasteiger partial charge is 0.356 e. The predicted octanol–water partition coefficient (Wildman–Crippen LogP) is 0.504. The topological polar surface area (TPSA) is 99.1 Å². The Morgan fingerprint density at radius 3 is 2.50 bits per heavy atom. The fourth-order valence-corrected chi connectivity index (χ4v) is 2.70. The molecule has 0 aliphatic heterocycles. The molecule has 0 saturated heterocycles. The molecular formula is C13H17N3O3S. The molecule has 20 heavy (non-hydrogen) atoms. The van der Waals surface area contributed by atoms with E-state index in [1.165, 1.54) is 0 Å². The highest BCUT2D eigenvalue weighted by Gasteiger charge is 2.11. The standard InChI is InChI=1S/C13H17N3O3S/c1-2-15-13(17)7-8-16-20(18,19)10-12-5-3-11(9-14)4-6-12/h3-6,16H,2,7-8,10H2,1H3,(H,15,17). The van der Waals surface area contributed by atoms with Gasteiger partial charge in [0.05, 0.1) is 17.4 Å². The summed E-state index contributed by atoms with van der Waals surface area (Å²) in [6.45, 7) is 2.40. The van der Waals surface area contributed by atoms with Crippen molar-refractivity contribution in [3.05, 3.63) is 35.4 Å². The second-order valence-electron chi connectivity index (χ2n) is 4.17. The van der Waals surface area contributed by atoms with Crippen LogP contribution in [0.5, 0.6) is 0 Å². The highest BCUT2D eigenvalue weighted by Crippen LogP contribution is 2.07. The van der Waals surface area contributed by atoms with E-state index in [-0.39, 0.29) is 24.6 Å². The highest BCUT2D eigenvalue weighted by atomic mass is 32.2. The fourth-order valence-electron chi connectivity index (χ4n) is 1.55. The van der Waals surface area contributed by atoms with E-state index in [1.54, 1.807) is 31.2 Å². The quantitative estimate of drug-likeness (QED) is 0.765. The SMILES string of the molecule is CCNC(=O)CCNS(=O)(=O)Cc1ccc(C#N)cc1. The van der Waals surface area contributed by atoms with Crippen molar-refractivity contribution in [2.24, 2.45) is 0 Å². The number of carbonyl (C=O) groups excluding carboxylic acids is 1. The Bertz CT molecular complexity index is 588. The summed E-state index contributed by atoms with van der Waals surface area (Å²) >= 11 is 0. The summed E-state index contributed by atoms with van der Waals surface area (Å²) in [5, 5.41) is 11.2. The Kier molecular flexibility index (Phi) is 6.15. The van der Waals surface area contributed by atoms with Crippen LogP contribution in [0.25, 0.3) is 0 Å². The van der Waals surface area contributed by atoms with E-state index < -0.39 is 10.0 Å². The van der Waals surface area contributed by atoms with Gasteiger partial charge >= 0.3 is 0 Å². The number of amides is 1. The third-order valence-electron chi connectivity index (χ3n) is 2.49. The smallest absolute Gasteiger partial charge is 0.221 e. The van der Waals surface area contributed by atoms with Crippen molar-refractivity contribution in [2.75, 3.05) is 13.1 Å². The number of hydrogen-bond acceptors (Lipinski definition) is 4. The Labute approximate surface area is 118 Å². The maximum Gasteiger partial charge on any atom is 0.221 e. The number of benzene rings is 1. The molecule has 1 aromatic carbocycles. The summed E-state index contributed by atoms with van der Waals surface area (Å²) in [6, 6.07) is 8.30. The van der Waals surface area contributed by atoms with Gasteiger partial charge in [0.2, 0.25) is 15.9 Å². The van der Waals surface area contributed by atoms with Crippen LogP contribution in [0, 0.1) is 11.3 Å². The van der Waals surface area contributed by atoms with Gasteiger partial charge in [-0.05, 0) is 24.6 Å². The molecule has 7 heteroatoms. The highest BCUT2D eigenvalue weighted by molar-refractivity contribution is 7.88. The predicted molar refractivity (Wildman–Crippen MR) is 75.1 cm³/mol. The van der Waals surface area contributed by atoms with Gasteiger partial charge in [0.15, 0.2) is 0 Å². The van der Waals surface area contributed by atoms with Gasteiger partial charge in [0.1, 0.15) is 0 Å². The molecule has 1 rings (SSSR count). The van der Waals surface area contributed by atoms with Crippen molar-refractivity contribution in [1.29, 1.82) is 5.26 Å². The molecule has 0 aliphatic carbocycles. The van der Waals surface area contributed by atoms with E-state index in [9.17, 15) is 13.2 Å². The van der Waals surface area contributed by atoms with Crippen LogP contribution in [0.15, 0.2) is 24.3 Å². The van der Waals surface area contributed by atoms with E-state index in [2.05, 4.69) is 10.0 Å². The minimum absolute atomic E-state index is 0.0739. The molecule has 108 valence electrons. The monoisotopic (exact) mass is 295 g/mol. The lowest BCUT2D eigenvalue weighted by molar-refractivity contribution is -0.120. The molecule has 1 amide bonds. The van der Waals surface area contributed by atoms with Crippen LogP contribution in [0.2, 0.25) is 0 Å². The Morgan fingerprint density at radius 1 is 1.30 bits per heavy atom. The third-order valence-corrected chi connectivity index (χ3v) is 3.85. The van der Waals surface area contributed by atoms with Crippen LogP contribution in [-0.4, -0.2) is 27.4 Å². The molecule has 0 aromatic heterocycles. The molecule has 0 bridgehead atoms. The number of nitrogens with one attached hydrogen (secondary N) is 2. The van der Waals surface area contributed by atoms with Gasteiger partial charge in [0.25, 0.3) is 0 Å². The summed E-state index contributed by atoms with van der Waals surface area (Å²) in [5.41, 5.74) is 1.07. The molecule has 0 aliphatic rings. The maximum atomic E-state index is 11.8. The summed E-state index contributed by atoms with van der Waals surface area (Å²) in [5.74, 6) is -0.359. The minimum Gasteiger partial charge on any atom is -0.356 e. The molecule has 0 radical (unpaired) electrons. The first-order valence-electron chi connectivity index (χ1n) is 6.20. The van der Waals surface area contributed by atoms with Crippen LogP contribution in [0.3, 0.4) is 0 Å². The van der Waals surface area contributed by atoms with Gasteiger partial charge < -0.3 is 5.32 Å². The zero-order chi connectivity index (χ0) is 15.0. The zero-order valence-electron chi connectivity index (χ0n) is 11.2. The normalized spacial score (nSPS) is 10.8. The first-order chi connectivity index (χ1) is 9.46. The van der Waals surface area contributed by atoms with Crippen LogP contribution < -0.4 is 10.0 Å². The molecule has 0 spiro atoms. The van der Waals surface area contributed by atoms with Gasteiger partial charge in [-0.2, -0.15) is 5.26 Å². The van der Waals surface area contributed by atoms with Crippen LogP contribution in [0.1, 0.15) is 24.5 Å². The second kappa shape index (κ2) is 7.62. The molecule has 6 nitrogen and oxygen atoms in total. The number of carbonyl (C=O) groups is 1. The number of rotatable bonds is 7. The van der Waals surface area contributed by atoms with Crippen LogP contribution in [-0.2, 0) is 20.6 Å². The Morgan fingerprint density at radius 2 is 1.95 bits per heavy atom. The third kappa shape index (κ3) is 5.82. The van der Waals surface area contributed by atoms with E-state index in [1.807, 2.05) is 6.07 Å². The molecule has 0 saturated carbocycles. The molecule has 0 heterocycles. The van der Waals surface area contributed by atoms with Crippen molar-refractivity contribution in [3.63, 3.8) is 0 Å². The fraction of sp³-hybridized carbons (Fsp3) is 0.385. The molecular weight excluding hydrogens is 278 g/mol. The van der Waals surface area contributed by atoms with E-state index in [4.69, 9.17) is 5.26 Å². The maximum absolute atomic E-state index is 11.8. The zero-order valence-corrected chi connectivity index (χ0v) is 12.0. The van der Waals surface area contributed by atoms with E-state index in [0.717, 1.165) is 0 Å². The summed E-state index contributed by atoms with van der Waals surface area (Å²) in [6.07, 6.45) is 0.112. The number of nitriles is 1. The summed E-state index contributed by atoms with van der Waals surface area (Å²) < 4.78 is 25.9. The summed E-state index contributed by atoms with van der Waals surface area (Å²) in [4.78, 5) is 11.2. The number of sulfonamides is 1. The first-order valence-corrected chi connectivity index (χ1v) is 7.85. The molecule has 2 N–H and O–H groups in total. The van der Waals surface area contributed by atoms with Gasteiger partial charge in [0, 0.05) is 19.5 Å². The van der Waals surface area contributed by atoms with E-state index in [0.29, 0.717) is 17.7 Å². The molecule has 1 aromatic rings. The van der Waals surface area contributed by atoms with Gasteiger partial charge in [-0.15, -0.1) is 0 Å². The average molecular weight is 295 g/mol.